The van der Waals surface area contributed by atoms with E-state index in [-0.39, 0.29) is 0 Å². The van der Waals surface area contributed by atoms with Crippen molar-refractivity contribution in [3.05, 3.63) is 0 Å². The first kappa shape index (κ1) is 10.9. The number of nitrogens with zero attached hydrogens (tertiary/aromatic N) is 1. The molecule has 1 N–H and O–H groups in total. The first-order chi connectivity index (χ1) is 5.55. The highest BCUT2D eigenvalue weighted by Crippen LogP contribution is 2.21. The van der Waals surface area contributed by atoms with E-state index >= 15 is 0 Å². The molecule has 0 aliphatic heterocycles. The van der Waals surface area contributed by atoms with Crippen LogP contribution in [0, 0.1) is 0 Å². The lowest BCUT2D eigenvalue weighted by atomic mass is 9.92. The van der Waals surface area contributed by atoms with Crippen molar-refractivity contribution in [3.63, 3.8) is 0 Å². The molecule has 0 aliphatic carbocycles. The summed E-state index contributed by atoms with van der Waals surface area (Å²) >= 11 is 0. The monoisotopic (exact) mass is 173 g/mol. The first-order valence-corrected chi connectivity index (χ1v) is 3.96. The van der Waals surface area contributed by atoms with E-state index in [9.17, 15) is 9.59 Å². The van der Waals surface area contributed by atoms with Crippen LogP contribution in [0.15, 0.2) is 0 Å². The Morgan fingerprint density at radius 2 is 1.92 bits per heavy atom. The van der Waals surface area contributed by atoms with E-state index < -0.39 is 11.5 Å². The summed E-state index contributed by atoms with van der Waals surface area (Å²) in [4.78, 5) is 22.5. The van der Waals surface area contributed by atoms with Gasteiger partial charge in [-0.25, -0.2) is 4.79 Å². The number of likely N-dealkylation sites (N-methyl/N-ethyl adjacent to an activating group) is 1. The van der Waals surface area contributed by atoms with Gasteiger partial charge in [-0.15, -0.1) is 0 Å². The van der Waals surface area contributed by atoms with E-state index in [2.05, 4.69) is 0 Å². The summed E-state index contributed by atoms with van der Waals surface area (Å²) in [5.74, 6) is -0.943. The molecule has 0 aliphatic rings. The third-order valence-electron chi connectivity index (χ3n) is 2.40. The van der Waals surface area contributed by atoms with Gasteiger partial charge in [-0.05, 0) is 12.8 Å². The average molecular weight is 173 g/mol. The molecule has 0 radical (unpaired) electrons. The van der Waals surface area contributed by atoms with Gasteiger partial charge in [0.2, 0.25) is 6.41 Å². The zero-order valence-corrected chi connectivity index (χ0v) is 7.70. The summed E-state index contributed by atoms with van der Waals surface area (Å²) in [5, 5.41) is 8.92. The minimum Gasteiger partial charge on any atom is -0.479 e. The fourth-order valence-corrected chi connectivity index (χ4v) is 1.30. The largest absolute Gasteiger partial charge is 0.479 e. The van der Waals surface area contributed by atoms with Gasteiger partial charge in [0.1, 0.15) is 5.54 Å². The van der Waals surface area contributed by atoms with E-state index in [0.717, 1.165) is 0 Å². The van der Waals surface area contributed by atoms with Crippen molar-refractivity contribution in [3.8, 4) is 0 Å². The summed E-state index contributed by atoms with van der Waals surface area (Å²) < 4.78 is 0. The number of amides is 1. The molecule has 0 saturated heterocycles. The highest BCUT2D eigenvalue weighted by molar-refractivity contribution is 5.81. The third kappa shape index (κ3) is 1.57. The van der Waals surface area contributed by atoms with Crippen molar-refractivity contribution >= 4 is 12.4 Å². The van der Waals surface area contributed by atoms with Crippen molar-refractivity contribution in [2.24, 2.45) is 0 Å². The third-order valence-corrected chi connectivity index (χ3v) is 2.40. The normalized spacial score (nSPS) is 10.9. The number of carboxylic acid groups (broad SMARTS) is 1. The Hall–Kier alpha value is -1.06. The lowest BCUT2D eigenvalue weighted by Gasteiger charge is -2.33. The number of hydrogen-bond acceptors (Lipinski definition) is 2. The molecule has 1 amide bonds. The maximum absolute atomic E-state index is 10.9. The second-order valence-electron chi connectivity index (χ2n) is 2.76. The number of aliphatic carboxylic acids is 1. The Morgan fingerprint density at radius 1 is 1.50 bits per heavy atom. The topological polar surface area (TPSA) is 57.6 Å². The Bertz CT molecular complexity index is 175. The van der Waals surface area contributed by atoms with E-state index in [1.807, 2.05) is 0 Å². The minimum atomic E-state index is -1.03. The molecule has 4 nitrogen and oxygen atoms in total. The molecular formula is C8H15NO3. The number of carbonyl (C=O) groups is 2. The van der Waals surface area contributed by atoms with E-state index in [1.165, 1.54) is 11.9 Å². The van der Waals surface area contributed by atoms with Crippen LogP contribution in [0.2, 0.25) is 0 Å². The molecule has 0 spiro atoms. The van der Waals surface area contributed by atoms with Crippen LogP contribution in [-0.4, -0.2) is 35.0 Å². The molecule has 12 heavy (non-hydrogen) atoms. The molecule has 0 bridgehead atoms. The van der Waals surface area contributed by atoms with Gasteiger partial charge in [0, 0.05) is 7.05 Å². The van der Waals surface area contributed by atoms with Gasteiger partial charge in [-0.1, -0.05) is 13.8 Å². The summed E-state index contributed by atoms with van der Waals surface area (Å²) in [5.41, 5.74) is -1.03. The lowest BCUT2D eigenvalue weighted by Crippen LogP contribution is -2.51. The molecule has 0 fully saturated rings. The fourth-order valence-electron chi connectivity index (χ4n) is 1.30. The summed E-state index contributed by atoms with van der Waals surface area (Å²) in [6, 6.07) is 0. The lowest BCUT2D eigenvalue weighted by molar-refractivity contribution is -0.154. The van der Waals surface area contributed by atoms with Gasteiger partial charge in [-0.3, -0.25) is 4.79 Å². The zero-order chi connectivity index (χ0) is 9.78. The summed E-state index contributed by atoms with van der Waals surface area (Å²) in [6.07, 6.45) is 1.41. The van der Waals surface area contributed by atoms with Gasteiger partial charge in [0.25, 0.3) is 0 Å². The molecular weight excluding hydrogens is 158 g/mol. The molecule has 70 valence electrons. The first-order valence-electron chi connectivity index (χ1n) is 3.96. The second-order valence-corrected chi connectivity index (χ2v) is 2.76. The van der Waals surface area contributed by atoms with Crippen LogP contribution >= 0.6 is 0 Å². The predicted octanol–water partition coefficient (Wildman–Crippen LogP) is 0.718. The Labute approximate surface area is 72.2 Å². The minimum absolute atomic E-state index is 0.425. The van der Waals surface area contributed by atoms with E-state index in [0.29, 0.717) is 19.3 Å². The summed E-state index contributed by atoms with van der Waals surface area (Å²) in [7, 11) is 1.49. The van der Waals surface area contributed by atoms with Crippen LogP contribution in [-0.2, 0) is 9.59 Å². The molecule has 0 unspecified atom stereocenters. The highest BCUT2D eigenvalue weighted by atomic mass is 16.4. The van der Waals surface area contributed by atoms with Crippen molar-refractivity contribution in [2.45, 2.75) is 32.2 Å². The van der Waals surface area contributed by atoms with E-state index in [4.69, 9.17) is 5.11 Å². The number of rotatable bonds is 5. The number of carbonyl (C=O) groups excluding carboxylic acids is 1. The number of carboxylic acids is 1. The van der Waals surface area contributed by atoms with Crippen LogP contribution in [0.5, 0.6) is 0 Å². The van der Waals surface area contributed by atoms with Crippen LogP contribution in [0.3, 0.4) is 0 Å². The molecule has 0 aromatic heterocycles. The smallest absolute Gasteiger partial charge is 0.329 e. The molecule has 0 saturated carbocycles. The van der Waals surface area contributed by atoms with E-state index in [1.54, 1.807) is 13.8 Å². The second kappa shape index (κ2) is 4.09. The standard InChI is InChI=1S/C8H15NO3/c1-4-8(5-2,7(11)12)9(3)6-10/h6H,4-5H2,1-3H3,(H,11,12). The maximum Gasteiger partial charge on any atom is 0.329 e. The Kier molecular flexibility index (Phi) is 3.73. The maximum atomic E-state index is 10.9. The SMILES string of the molecule is CCC(CC)(C(=O)O)N(C)C=O. The zero-order valence-electron chi connectivity index (χ0n) is 7.70. The van der Waals surface area contributed by atoms with Crippen LogP contribution < -0.4 is 0 Å². The molecule has 0 rings (SSSR count). The van der Waals surface area contributed by atoms with Crippen molar-refractivity contribution < 1.29 is 14.7 Å². The van der Waals surface area contributed by atoms with Gasteiger partial charge in [-0.2, -0.15) is 0 Å². The van der Waals surface area contributed by atoms with Crippen LogP contribution in [0.25, 0.3) is 0 Å². The molecule has 4 heteroatoms. The van der Waals surface area contributed by atoms with Gasteiger partial charge in [0.05, 0.1) is 0 Å². The fraction of sp³-hybridized carbons (Fsp3) is 0.750. The summed E-state index contributed by atoms with van der Waals surface area (Å²) in [6.45, 7) is 3.52. The molecule has 0 heterocycles. The van der Waals surface area contributed by atoms with Crippen molar-refractivity contribution in [1.29, 1.82) is 0 Å². The van der Waals surface area contributed by atoms with Crippen molar-refractivity contribution in [2.75, 3.05) is 7.05 Å². The van der Waals surface area contributed by atoms with Gasteiger partial charge in [0.15, 0.2) is 0 Å². The average Bonchev–Trinajstić information content (AvgIpc) is 2.06. The van der Waals surface area contributed by atoms with Gasteiger partial charge >= 0.3 is 5.97 Å². The van der Waals surface area contributed by atoms with Crippen molar-refractivity contribution in [1.82, 2.24) is 4.90 Å². The quantitative estimate of drug-likeness (QED) is 0.623. The predicted molar refractivity (Wildman–Crippen MR) is 44.8 cm³/mol. The van der Waals surface area contributed by atoms with Crippen LogP contribution in [0.4, 0.5) is 0 Å². The Balaban J connectivity index is 4.80. The molecule has 0 atom stereocenters. The molecule has 0 aromatic rings. The van der Waals surface area contributed by atoms with Crippen LogP contribution in [0.1, 0.15) is 26.7 Å². The molecule has 0 aromatic carbocycles. The Morgan fingerprint density at radius 3 is 2.00 bits per heavy atom. The number of hydrogen-bond donors (Lipinski definition) is 1. The van der Waals surface area contributed by atoms with Gasteiger partial charge < -0.3 is 10.0 Å². The highest BCUT2D eigenvalue weighted by Gasteiger charge is 2.38.